The maximum atomic E-state index is 11.0. The largest absolute Gasteiger partial charge is 0.351 e. The molecule has 1 fully saturated rings. The van der Waals surface area contributed by atoms with E-state index in [2.05, 4.69) is 30.2 Å². The highest BCUT2D eigenvalue weighted by Gasteiger charge is 2.28. The highest BCUT2D eigenvalue weighted by Crippen LogP contribution is 2.33. The van der Waals surface area contributed by atoms with E-state index < -0.39 is 0 Å². The first-order valence-electron chi connectivity index (χ1n) is 7.32. The lowest BCUT2D eigenvalue weighted by Gasteiger charge is -2.24. The van der Waals surface area contributed by atoms with Crippen LogP contribution in [0.5, 0.6) is 0 Å². The molecule has 22 heavy (non-hydrogen) atoms. The van der Waals surface area contributed by atoms with Crippen molar-refractivity contribution in [2.45, 2.75) is 32.4 Å². The van der Waals surface area contributed by atoms with Crippen molar-refractivity contribution < 1.29 is 4.79 Å². The second kappa shape index (κ2) is 6.46. The van der Waals surface area contributed by atoms with Gasteiger partial charge in [-0.2, -0.15) is 0 Å². The van der Waals surface area contributed by atoms with Crippen LogP contribution in [0.25, 0.3) is 0 Å². The van der Waals surface area contributed by atoms with E-state index in [0.717, 1.165) is 36.6 Å². The quantitative estimate of drug-likeness (QED) is 0.914. The van der Waals surface area contributed by atoms with Crippen molar-refractivity contribution in [3.05, 3.63) is 42.4 Å². The summed E-state index contributed by atoms with van der Waals surface area (Å²) >= 11 is 0. The van der Waals surface area contributed by atoms with Gasteiger partial charge in [0.25, 0.3) is 0 Å². The van der Waals surface area contributed by atoms with Gasteiger partial charge in [-0.3, -0.25) is 19.7 Å². The number of hydrogen-bond donors (Lipinski definition) is 1. The van der Waals surface area contributed by atoms with E-state index in [1.54, 1.807) is 31.0 Å². The molecule has 0 radical (unpaired) electrons. The molecule has 0 aromatic carbocycles. The van der Waals surface area contributed by atoms with Gasteiger partial charge in [0.05, 0.1) is 42.6 Å². The number of aromatic nitrogens is 4. The zero-order chi connectivity index (χ0) is 15.4. The van der Waals surface area contributed by atoms with Gasteiger partial charge in [-0.15, -0.1) is 0 Å². The Bertz CT molecular complexity index is 647. The molecule has 1 atom stereocenters. The Morgan fingerprint density at radius 3 is 3.00 bits per heavy atom. The highest BCUT2D eigenvalue weighted by atomic mass is 16.1. The van der Waals surface area contributed by atoms with Gasteiger partial charge >= 0.3 is 0 Å². The summed E-state index contributed by atoms with van der Waals surface area (Å²) in [4.78, 5) is 30.6. The van der Waals surface area contributed by atoms with Gasteiger partial charge in [0, 0.05) is 25.9 Å². The molecule has 2 aromatic rings. The lowest BCUT2D eigenvalue weighted by molar-refractivity contribution is -0.119. The molecule has 7 nitrogen and oxygen atoms in total. The molecule has 114 valence electrons. The third kappa shape index (κ3) is 3.19. The Balaban J connectivity index is 1.80. The number of nitrogens with one attached hydrogen (secondary N) is 1. The molecule has 0 spiro atoms. The van der Waals surface area contributed by atoms with E-state index in [1.165, 1.54) is 6.92 Å². The van der Waals surface area contributed by atoms with Crippen molar-refractivity contribution in [2.24, 2.45) is 0 Å². The maximum absolute atomic E-state index is 11.0. The van der Waals surface area contributed by atoms with Gasteiger partial charge in [0.15, 0.2) is 0 Å². The standard InChI is InChI=1S/C15H18N6O/c1-11(22)19-8-12-7-17-9-13(20-12)14-3-2-6-21(14)15-10-16-4-5-18-15/h4-5,7,9-10,14H,2-3,6,8H2,1H3,(H,19,22). The van der Waals surface area contributed by atoms with E-state index in [1.807, 2.05) is 0 Å². The molecule has 7 heteroatoms. The van der Waals surface area contributed by atoms with Crippen LogP contribution in [0.1, 0.15) is 37.2 Å². The number of nitrogens with zero attached hydrogens (tertiary/aromatic N) is 5. The molecular weight excluding hydrogens is 280 g/mol. The molecular formula is C15H18N6O. The minimum atomic E-state index is -0.0748. The summed E-state index contributed by atoms with van der Waals surface area (Å²) in [5, 5.41) is 2.75. The van der Waals surface area contributed by atoms with Crippen LogP contribution in [0.4, 0.5) is 5.82 Å². The number of hydrogen-bond acceptors (Lipinski definition) is 6. The van der Waals surface area contributed by atoms with Gasteiger partial charge in [-0.1, -0.05) is 0 Å². The summed E-state index contributed by atoms with van der Waals surface area (Å²) in [6.07, 6.45) is 10.7. The van der Waals surface area contributed by atoms with Crippen LogP contribution in [-0.4, -0.2) is 32.4 Å². The van der Waals surface area contributed by atoms with Crippen molar-refractivity contribution >= 4 is 11.7 Å². The second-order valence-corrected chi connectivity index (χ2v) is 5.26. The summed E-state index contributed by atoms with van der Waals surface area (Å²) in [5.41, 5.74) is 1.67. The fraction of sp³-hybridized carbons (Fsp3) is 0.400. The lowest BCUT2D eigenvalue weighted by atomic mass is 10.1. The Labute approximate surface area is 128 Å². The summed E-state index contributed by atoms with van der Waals surface area (Å²) < 4.78 is 0. The third-order valence-corrected chi connectivity index (χ3v) is 3.66. The minimum absolute atomic E-state index is 0.0748. The van der Waals surface area contributed by atoms with Crippen molar-refractivity contribution in [1.82, 2.24) is 25.3 Å². The fourth-order valence-electron chi connectivity index (χ4n) is 2.67. The first-order valence-corrected chi connectivity index (χ1v) is 7.32. The molecule has 0 aliphatic carbocycles. The molecule has 0 saturated carbocycles. The zero-order valence-corrected chi connectivity index (χ0v) is 12.4. The predicted octanol–water partition coefficient (Wildman–Crippen LogP) is 1.24. The van der Waals surface area contributed by atoms with E-state index in [4.69, 9.17) is 0 Å². The Morgan fingerprint density at radius 2 is 2.23 bits per heavy atom. The Hall–Kier alpha value is -2.57. The van der Waals surface area contributed by atoms with Crippen LogP contribution in [0.2, 0.25) is 0 Å². The number of rotatable bonds is 4. The highest BCUT2D eigenvalue weighted by molar-refractivity contribution is 5.72. The van der Waals surface area contributed by atoms with Crippen LogP contribution in [0.15, 0.2) is 31.0 Å². The average Bonchev–Trinajstić information content (AvgIpc) is 3.04. The van der Waals surface area contributed by atoms with Crippen LogP contribution in [0, 0.1) is 0 Å². The minimum Gasteiger partial charge on any atom is -0.351 e. The van der Waals surface area contributed by atoms with E-state index in [-0.39, 0.29) is 11.9 Å². The zero-order valence-electron chi connectivity index (χ0n) is 12.4. The summed E-state index contributed by atoms with van der Waals surface area (Å²) in [7, 11) is 0. The van der Waals surface area contributed by atoms with Crippen molar-refractivity contribution in [2.75, 3.05) is 11.4 Å². The van der Waals surface area contributed by atoms with E-state index >= 15 is 0 Å². The molecule has 0 bridgehead atoms. The predicted molar refractivity (Wildman–Crippen MR) is 80.9 cm³/mol. The molecule has 3 heterocycles. The third-order valence-electron chi connectivity index (χ3n) is 3.66. The lowest BCUT2D eigenvalue weighted by Crippen LogP contribution is -2.25. The monoisotopic (exact) mass is 298 g/mol. The molecule has 1 aliphatic rings. The second-order valence-electron chi connectivity index (χ2n) is 5.26. The average molecular weight is 298 g/mol. The fourth-order valence-corrected chi connectivity index (χ4v) is 2.67. The smallest absolute Gasteiger partial charge is 0.217 e. The topological polar surface area (TPSA) is 83.9 Å². The number of carbonyl (C=O) groups is 1. The molecule has 1 unspecified atom stereocenters. The number of carbonyl (C=O) groups excluding carboxylic acids is 1. The van der Waals surface area contributed by atoms with Crippen molar-refractivity contribution in [1.29, 1.82) is 0 Å². The summed E-state index contributed by atoms with van der Waals surface area (Å²) in [6.45, 7) is 2.82. The van der Waals surface area contributed by atoms with Gasteiger partial charge in [0.2, 0.25) is 5.91 Å². The normalized spacial score (nSPS) is 17.5. The summed E-state index contributed by atoms with van der Waals surface area (Å²) in [6, 6.07) is 0.154. The molecule has 2 aromatic heterocycles. The molecule has 1 aliphatic heterocycles. The van der Waals surface area contributed by atoms with Crippen LogP contribution < -0.4 is 10.2 Å². The Kier molecular flexibility index (Phi) is 4.22. The van der Waals surface area contributed by atoms with Gasteiger partial charge in [0.1, 0.15) is 5.82 Å². The summed E-state index contributed by atoms with van der Waals surface area (Å²) in [5.74, 6) is 0.785. The van der Waals surface area contributed by atoms with E-state index in [0.29, 0.717) is 6.54 Å². The van der Waals surface area contributed by atoms with Crippen molar-refractivity contribution in [3.63, 3.8) is 0 Å². The molecule has 1 amide bonds. The number of anilines is 1. The van der Waals surface area contributed by atoms with Crippen LogP contribution in [0.3, 0.4) is 0 Å². The van der Waals surface area contributed by atoms with Crippen molar-refractivity contribution in [3.8, 4) is 0 Å². The van der Waals surface area contributed by atoms with Gasteiger partial charge < -0.3 is 10.2 Å². The molecule has 3 rings (SSSR count). The van der Waals surface area contributed by atoms with Crippen LogP contribution >= 0.6 is 0 Å². The Morgan fingerprint density at radius 1 is 1.32 bits per heavy atom. The molecule has 1 saturated heterocycles. The van der Waals surface area contributed by atoms with Crippen LogP contribution in [-0.2, 0) is 11.3 Å². The van der Waals surface area contributed by atoms with E-state index in [9.17, 15) is 4.79 Å². The molecule has 1 N–H and O–H groups in total. The first kappa shape index (κ1) is 14.4. The SMILES string of the molecule is CC(=O)NCc1cncc(C2CCCN2c2cnccn2)n1. The first-order chi connectivity index (χ1) is 10.7. The van der Waals surface area contributed by atoms with Gasteiger partial charge in [-0.25, -0.2) is 4.98 Å². The maximum Gasteiger partial charge on any atom is 0.217 e. The number of amides is 1. The van der Waals surface area contributed by atoms with Gasteiger partial charge in [-0.05, 0) is 12.8 Å².